The van der Waals surface area contributed by atoms with Crippen molar-refractivity contribution in [3.05, 3.63) is 41.2 Å². The number of halogens is 1. The van der Waals surface area contributed by atoms with Gasteiger partial charge in [-0.2, -0.15) is 0 Å². The van der Waals surface area contributed by atoms with Crippen LogP contribution in [0.3, 0.4) is 0 Å². The maximum absolute atomic E-state index is 14.1. The summed E-state index contributed by atoms with van der Waals surface area (Å²) in [6, 6.07) is 6.29. The Balaban J connectivity index is 2.41. The first-order valence-corrected chi connectivity index (χ1v) is 7.72. The van der Waals surface area contributed by atoms with E-state index >= 15 is 0 Å². The molecule has 2 aromatic rings. The third-order valence-electron chi connectivity index (χ3n) is 3.38. The smallest absolute Gasteiger partial charge is 0.252 e. The molecule has 0 spiro atoms. The first kappa shape index (κ1) is 18.5. The van der Waals surface area contributed by atoms with E-state index in [0.29, 0.717) is 18.0 Å². The maximum Gasteiger partial charge on any atom is 0.252 e. The second-order valence-electron chi connectivity index (χ2n) is 5.80. The average molecular weight is 347 g/mol. The predicted octanol–water partition coefficient (Wildman–Crippen LogP) is 2.14. The number of pyridine rings is 1. The Kier molecular flexibility index (Phi) is 5.76. The summed E-state index contributed by atoms with van der Waals surface area (Å²) in [5.41, 5.74) is 12.5. The fourth-order valence-electron chi connectivity index (χ4n) is 2.23. The van der Waals surface area contributed by atoms with Gasteiger partial charge in [-0.15, -0.1) is 0 Å². The van der Waals surface area contributed by atoms with Crippen LogP contribution >= 0.6 is 0 Å². The van der Waals surface area contributed by atoms with Crippen molar-refractivity contribution in [2.45, 2.75) is 19.9 Å². The van der Waals surface area contributed by atoms with Gasteiger partial charge < -0.3 is 26.8 Å². The van der Waals surface area contributed by atoms with Crippen LogP contribution in [0.25, 0.3) is 0 Å². The highest BCUT2D eigenvalue weighted by Gasteiger charge is 2.16. The largest absolute Gasteiger partial charge is 0.497 e. The minimum Gasteiger partial charge on any atom is -0.497 e. The summed E-state index contributed by atoms with van der Waals surface area (Å²) in [7, 11) is 1.56. The van der Waals surface area contributed by atoms with Crippen molar-refractivity contribution in [2.24, 2.45) is 11.5 Å². The lowest BCUT2D eigenvalue weighted by Crippen LogP contribution is -2.26. The fraction of sp³-hybridized carbons (Fsp3) is 0.294. The molecule has 1 aromatic carbocycles. The van der Waals surface area contributed by atoms with Gasteiger partial charge in [0, 0.05) is 24.3 Å². The van der Waals surface area contributed by atoms with E-state index in [4.69, 9.17) is 16.2 Å². The second-order valence-corrected chi connectivity index (χ2v) is 5.80. The molecule has 0 saturated carbocycles. The number of nitrogens with one attached hydrogen (secondary N) is 2. The molecule has 0 unspecified atom stereocenters. The van der Waals surface area contributed by atoms with Crippen LogP contribution in [0.1, 0.15) is 22.8 Å². The van der Waals surface area contributed by atoms with Crippen molar-refractivity contribution in [1.29, 1.82) is 0 Å². The van der Waals surface area contributed by atoms with Crippen molar-refractivity contribution in [2.75, 3.05) is 24.3 Å². The number of hydrogen-bond donors (Lipinski definition) is 4. The third kappa shape index (κ3) is 4.80. The summed E-state index contributed by atoms with van der Waals surface area (Å²) in [6.45, 7) is 4.01. The molecule has 2 rings (SSSR count). The molecule has 0 radical (unpaired) electrons. The number of nitrogens with two attached hydrogens (primary N) is 2. The lowest BCUT2D eigenvalue weighted by atomic mass is 10.2. The molecule has 8 heteroatoms. The Labute approximate surface area is 145 Å². The molecule has 0 aliphatic heterocycles. The summed E-state index contributed by atoms with van der Waals surface area (Å²) >= 11 is 0. The van der Waals surface area contributed by atoms with Crippen molar-refractivity contribution in [1.82, 2.24) is 4.98 Å². The first-order chi connectivity index (χ1) is 11.8. The Bertz CT molecular complexity index is 780. The number of rotatable bonds is 7. The van der Waals surface area contributed by atoms with Crippen LogP contribution in [0.4, 0.5) is 21.7 Å². The summed E-state index contributed by atoms with van der Waals surface area (Å²) in [5.74, 6) is -0.687. The molecule has 0 aliphatic carbocycles. The number of anilines is 3. The Morgan fingerprint density at radius 3 is 2.64 bits per heavy atom. The van der Waals surface area contributed by atoms with Gasteiger partial charge in [0.1, 0.15) is 11.6 Å². The second kappa shape index (κ2) is 7.80. The molecule has 134 valence electrons. The lowest BCUT2D eigenvalue weighted by Gasteiger charge is -2.15. The molecule has 1 amide bonds. The van der Waals surface area contributed by atoms with E-state index in [9.17, 15) is 9.18 Å². The quantitative estimate of drug-likeness (QED) is 0.610. The molecule has 6 N–H and O–H groups in total. The van der Waals surface area contributed by atoms with E-state index in [1.54, 1.807) is 20.1 Å². The van der Waals surface area contributed by atoms with Crippen LogP contribution in [0.2, 0.25) is 0 Å². The zero-order valence-electron chi connectivity index (χ0n) is 14.4. The first-order valence-electron chi connectivity index (χ1n) is 7.72. The van der Waals surface area contributed by atoms with Crippen LogP contribution in [0.15, 0.2) is 24.3 Å². The molecule has 0 bridgehead atoms. The molecule has 0 aliphatic rings. The number of ether oxygens (including phenoxy) is 1. The summed E-state index contributed by atoms with van der Waals surface area (Å²) in [4.78, 5) is 15.8. The van der Waals surface area contributed by atoms with Gasteiger partial charge in [0.2, 0.25) is 0 Å². The van der Waals surface area contributed by atoms with E-state index in [1.807, 2.05) is 19.1 Å². The van der Waals surface area contributed by atoms with Gasteiger partial charge in [-0.05, 0) is 37.6 Å². The van der Waals surface area contributed by atoms with Gasteiger partial charge in [-0.25, -0.2) is 9.37 Å². The zero-order chi connectivity index (χ0) is 18.6. The number of methoxy groups -OCH3 is 1. The molecular weight excluding hydrogens is 325 g/mol. The molecule has 1 heterocycles. The van der Waals surface area contributed by atoms with Gasteiger partial charge in [0.15, 0.2) is 11.6 Å². The molecular formula is C17H22FN5O2. The highest BCUT2D eigenvalue weighted by molar-refractivity contribution is 5.98. The molecule has 0 fully saturated rings. The van der Waals surface area contributed by atoms with Crippen LogP contribution in [-0.4, -0.2) is 30.6 Å². The van der Waals surface area contributed by atoms with Gasteiger partial charge in [-0.1, -0.05) is 0 Å². The average Bonchev–Trinajstić information content (AvgIpc) is 2.53. The number of benzene rings is 1. The van der Waals surface area contributed by atoms with Crippen LogP contribution in [-0.2, 0) is 0 Å². The number of primary amides is 1. The van der Waals surface area contributed by atoms with Crippen molar-refractivity contribution >= 4 is 23.2 Å². The molecule has 7 nitrogen and oxygen atoms in total. The van der Waals surface area contributed by atoms with E-state index < -0.39 is 11.7 Å². The van der Waals surface area contributed by atoms with Crippen LogP contribution in [0.5, 0.6) is 5.75 Å². The number of carbonyl (C=O) groups is 1. The topological polar surface area (TPSA) is 115 Å². The highest BCUT2D eigenvalue weighted by atomic mass is 19.1. The number of aromatic nitrogens is 1. The molecule has 1 aromatic heterocycles. The monoisotopic (exact) mass is 347 g/mol. The molecule has 0 saturated heterocycles. The van der Waals surface area contributed by atoms with Gasteiger partial charge >= 0.3 is 0 Å². The van der Waals surface area contributed by atoms with Crippen LogP contribution < -0.4 is 26.8 Å². The zero-order valence-corrected chi connectivity index (χ0v) is 14.4. The molecule has 25 heavy (non-hydrogen) atoms. The normalized spacial score (nSPS) is 11.7. The van der Waals surface area contributed by atoms with Crippen molar-refractivity contribution in [3.8, 4) is 5.75 Å². The van der Waals surface area contributed by atoms with Gasteiger partial charge in [0.25, 0.3) is 5.91 Å². The lowest BCUT2D eigenvalue weighted by molar-refractivity contribution is 0.100. The maximum atomic E-state index is 14.1. The van der Waals surface area contributed by atoms with Crippen molar-refractivity contribution < 1.29 is 13.9 Å². The minimum absolute atomic E-state index is 0.00980. The van der Waals surface area contributed by atoms with Crippen molar-refractivity contribution in [3.63, 3.8) is 0 Å². The van der Waals surface area contributed by atoms with E-state index in [0.717, 1.165) is 11.6 Å². The Hall–Kier alpha value is -2.87. The SMILES string of the molecule is COc1cc(C)cc(Nc2nc(NC[C@H](C)N)c(F)cc2C(N)=O)c1. The number of aryl methyl sites for hydroxylation is 1. The number of carbonyl (C=O) groups excluding carboxylic acids is 1. The Morgan fingerprint density at radius 1 is 1.32 bits per heavy atom. The summed E-state index contributed by atoms with van der Waals surface area (Å²) < 4.78 is 19.4. The number of hydrogen-bond acceptors (Lipinski definition) is 6. The predicted molar refractivity (Wildman–Crippen MR) is 95.9 cm³/mol. The summed E-state index contributed by atoms with van der Waals surface area (Å²) in [6.07, 6.45) is 0. The van der Waals surface area contributed by atoms with Crippen LogP contribution in [0, 0.1) is 12.7 Å². The summed E-state index contributed by atoms with van der Waals surface area (Å²) in [5, 5.41) is 5.81. The number of nitrogens with zero attached hydrogens (tertiary/aromatic N) is 1. The minimum atomic E-state index is -0.785. The standard InChI is InChI=1S/C17H22FN5O2/c1-9-4-11(6-12(5-9)25-3)22-16-13(15(20)24)7-14(18)17(23-16)21-8-10(2)19/h4-7,10H,8,19H2,1-3H3,(H2,20,24)(H2,21,22,23)/t10-/m0/s1. The molecule has 1 atom stereocenters. The number of amides is 1. The van der Waals surface area contributed by atoms with E-state index in [2.05, 4.69) is 15.6 Å². The Morgan fingerprint density at radius 2 is 2.04 bits per heavy atom. The van der Waals surface area contributed by atoms with E-state index in [-0.39, 0.29) is 23.2 Å². The van der Waals surface area contributed by atoms with Gasteiger partial charge in [0.05, 0.1) is 12.7 Å². The fourth-order valence-corrected chi connectivity index (χ4v) is 2.23. The third-order valence-corrected chi connectivity index (χ3v) is 3.38. The van der Waals surface area contributed by atoms with E-state index in [1.165, 1.54) is 0 Å². The highest BCUT2D eigenvalue weighted by Crippen LogP contribution is 2.27. The van der Waals surface area contributed by atoms with Gasteiger partial charge in [-0.3, -0.25) is 4.79 Å².